The summed E-state index contributed by atoms with van der Waals surface area (Å²) in [7, 11) is 0. The normalized spacial score (nSPS) is 12.5. The Morgan fingerprint density at radius 3 is 0.793 bits per heavy atom. The van der Waals surface area contributed by atoms with Gasteiger partial charge in [-0.25, -0.2) is 0 Å². The Morgan fingerprint density at radius 2 is 0.552 bits per heavy atom. The van der Waals surface area contributed by atoms with Gasteiger partial charge in [-0.1, -0.05) is 162 Å². The molecule has 1 atom stereocenters. The van der Waals surface area contributed by atoms with Gasteiger partial charge in [0.2, 0.25) is 0 Å². The van der Waals surface area contributed by atoms with Gasteiger partial charge in [-0.05, 0) is 12.8 Å². The first-order valence-corrected chi connectivity index (χ1v) is 14.1. The predicted molar refractivity (Wildman–Crippen MR) is 135 cm³/mol. The Hall–Kier alpha value is -0.0400. The molecule has 0 aliphatic rings. The first-order chi connectivity index (χ1) is 14.3. The summed E-state index contributed by atoms with van der Waals surface area (Å²) in [5.74, 6) is 0. The molecular weight excluding hydrogens is 350 g/mol. The van der Waals surface area contributed by atoms with Gasteiger partial charge in [0.25, 0.3) is 0 Å². The van der Waals surface area contributed by atoms with Crippen molar-refractivity contribution in [1.29, 1.82) is 0 Å². The molecule has 0 aromatic heterocycles. The zero-order valence-electron chi connectivity index (χ0n) is 20.8. The molecule has 1 heteroatoms. The van der Waals surface area contributed by atoms with Crippen molar-refractivity contribution >= 4 is 0 Å². The van der Waals surface area contributed by atoms with Crippen molar-refractivity contribution in [2.75, 3.05) is 0 Å². The minimum atomic E-state index is 0.470. The second kappa shape index (κ2) is 26.0. The largest absolute Gasteiger partial charge is 0.328 e. The maximum atomic E-state index is 6.31. The summed E-state index contributed by atoms with van der Waals surface area (Å²) >= 11 is 0. The topological polar surface area (TPSA) is 26.0 Å². The van der Waals surface area contributed by atoms with Crippen LogP contribution >= 0.6 is 0 Å². The van der Waals surface area contributed by atoms with Crippen molar-refractivity contribution in [1.82, 2.24) is 0 Å². The quantitative estimate of drug-likeness (QED) is 0.149. The third-order valence-electron chi connectivity index (χ3n) is 6.61. The molecule has 1 nitrogen and oxygen atoms in total. The highest BCUT2D eigenvalue weighted by Gasteiger charge is 2.02. The van der Waals surface area contributed by atoms with Gasteiger partial charge in [-0.15, -0.1) is 0 Å². The van der Waals surface area contributed by atoms with Crippen LogP contribution in [0, 0.1) is 0 Å². The fourth-order valence-electron chi connectivity index (χ4n) is 4.46. The van der Waals surface area contributed by atoms with Crippen molar-refractivity contribution in [3.63, 3.8) is 0 Å². The second-order valence-corrected chi connectivity index (χ2v) is 9.76. The van der Waals surface area contributed by atoms with Crippen LogP contribution < -0.4 is 5.73 Å². The zero-order valence-corrected chi connectivity index (χ0v) is 20.8. The molecular formula is C28H59N. The lowest BCUT2D eigenvalue weighted by Crippen LogP contribution is -2.19. The summed E-state index contributed by atoms with van der Waals surface area (Å²) in [4.78, 5) is 0. The van der Waals surface area contributed by atoms with Crippen LogP contribution in [0.4, 0.5) is 0 Å². The van der Waals surface area contributed by atoms with E-state index in [1.165, 1.54) is 161 Å². The van der Waals surface area contributed by atoms with Gasteiger partial charge in [-0.2, -0.15) is 0 Å². The van der Waals surface area contributed by atoms with Gasteiger partial charge in [0.05, 0.1) is 0 Å². The monoisotopic (exact) mass is 409 g/mol. The SMILES string of the molecule is CCCCCCCCCCCCCCCCCC(N)CCCCCCCCCC. The summed E-state index contributed by atoms with van der Waals surface area (Å²) in [5, 5.41) is 0. The molecule has 29 heavy (non-hydrogen) atoms. The van der Waals surface area contributed by atoms with E-state index in [0.717, 1.165) is 0 Å². The van der Waals surface area contributed by atoms with Crippen LogP contribution in [-0.4, -0.2) is 6.04 Å². The summed E-state index contributed by atoms with van der Waals surface area (Å²) in [6, 6.07) is 0.470. The molecule has 0 bridgehead atoms. The number of nitrogens with two attached hydrogens (primary N) is 1. The number of unbranched alkanes of at least 4 members (excludes halogenated alkanes) is 21. The zero-order chi connectivity index (χ0) is 21.3. The van der Waals surface area contributed by atoms with Crippen LogP contribution in [0.25, 0.3) is 0 Å². The molecule has 0 aliphatic carbocycles. The summed E-state index contributed by atoms with van der Waals surface area (Å²) in [6.45, 7) is 4.59. The minimum absolute atomic E-state index is 0.470. The fraction of sp³-hybridized carbons (Fsp3) is 1.00. The molecule has 1 unspecified atom stereocenters. The maximum absolute atomic E-state index is 6.31. The van der Waals surface area contributed by atoms with E-state index in [-0.39, 0.29) is 0 Å². The maximum Gasteiger partial charge on any atom is 0.00388 e. The van der Waals surface area contributed by atoms with Gasteiger partial charge < -0.3 is 5.73 Å². The Kier molecular flexibility index (Phi) is 26.0. The lowest BCUT2D eigenvalue weighted by molar-refractivity contribution is 0.478. The standard InChI is InChI=1S/C28H59N/c1-3-5-7-9-11-13-14-15-16-17-18-19-21-23-25-27-28(29)26-24-22-20-12-10-8-6-4-2/h28H,3-27,29H2,1-2H3. The summed E-state index contributed by atoms with van der Waals surface area (Å²) in [5.41, 5.74) is 6.31. The number of hydrogen-bond acceptors (Lipinski definition) is 1. The molecule has 0 radical (unpaired) electrons. The van der Waals surface area contributed by atoms with E-state index < -0.39 is 0 Å². The van der Waals surface area contributed by atoms with Gasteiger partial charge in [0.1, 0.15) is 0 Å². The molecule has 0 fully saturated rings. The van der Waals surface area contributed by atoms with Crippen LogP contribution in [0.1, 0.15) is 174 Å². The first kappa shape index (κ1) is 29.0. The van der Waals surface area contributed by atoms with Crippen LogP contribution in [0.5, 0.6) is 0 Å². The highest BCUT2D eigenvalue weighted by molar-refractivity contribution is 4.62. The van der Waals surface area contributed by atoms with Crippen molar-refractivity contribution in [2.24, 2.45) is 5.73 Å². The molecule has 0 saturated heterocycles. The van der Waals surface area contributed by atoms with E-state index in [1.54, 1.807) is 0 Å². The first-order valence-electron chi connectivity index (χ1n) is 14.1. The van der Waals surface area contributed by atoms with Crippen LogP contribution in [0.3, 0.4) is 0 Å². The molecule has 0 saturated carbocycles. The van der Waals surface area contributed by atoms with Crippen molar-refractivity contribution in [3.8, 4) is 0 Å². The van der Waals surface area contributed by atoms with E-state index in [9.17, 15) is 0 Å². The molecule has 176 valence electrons. The van der Waals surface area contributed by atoms with E-state index in [2.05, 4.69) is 13.8 Å². The highest BCUT2D eigenvalue weighted by atomic mass is 14.6. The van der Waals surface area contributed by atoms with Gasteiger partial charge >= 0.3 is 0 Å². The lowest BCUT2D eigenvalue weighted by Gasteiger charge is -2.11. The van der Waals surface area contributed by atoms with Crippen LogP contribution in [-0.2, 0) is 0 Å². The van der Waals surface area contributed by atoms with Crippen molar-refractivity contribution in [2.45, 2.75) is 180 Å². The van der Waals surface area contributed by atoms with Crippen LogP contribution in [0.15, 0.2) is 0 Å². The van der Waals surface area contributed by atoms with E-state index in [1.807, 2.05) is 0 Å². The second-order valence-electron chi connectivity index (χ2n) is 9.76. The Labute approximate surface area is 186 Å². The molecule has 0 aromatic rings. The molecule has 0 spiro atoms. The molecule has 0 amide bonds. The van der Waals surface area contributed by atoms with Gasteiger partial charge in [0.15, 0.2) is 0 Å². The van der Waals surface area contributed by atoms with Gasteiger partial charge in [0, 0.05) is 6.04 Å². The highest BCUT2D eigenvalue weighted by Crippen LogP contribution is 2.15. The average molecular weight is 410 g/mol. The fourth-order valence-corrected chi connectivity index (χ4v) is 4.46. The molecule has 0 heterocycles. The van der Waals surface area contributed by atoms with E-state index >= 15 is 0 Å². The van der Waals surface area contributed by atoms with Crippen molar-refractivity contribution in [3.05, 3.63) is 0 Å². The Balaban J connectivity index is 3.11. The van der Waals surface area contributed by atoms with E-state index in [0.29, 0.717) is 6.04 Å². The molecule has 2 N–H and O–H groups in total. The molecule has 0 rings (SSSR count). The Morgan fingerprint density at radius 1 is 0.345 bits per heavy atom. The average Bonchev–Trinajstić information content (AvgIpc) is 2.72. The van der Waals surface area contributed by atoms with E-state index in [4.69, 9.17) is 5.73 Å². The number of hydrogen-bond donors (Lipinski definition) is 1. The summed E-state index contributed by atoms with van der Waals surface area (Å²) < 4.78 is 0. The minimum Gasteiger partial charge on any atom is -0.328 e. The van der Waals surface area contributed by atoms with Crippen molar-refractivity contribution < 1.29 is 0 Å². The van der Waals surface area contributed by atoms with Crippen LogP contribution in [0.2, 0.25) is 0 Å². The third kappa shape index (κ3) is 25.9. The van der Waals surface area contributed by atoms with Gasteiger partial charge in [-0.3, -0.25) is 0 Å². The predicted octanol–water partition coefficient (Wildman–Crippen LogP) is 10.1. The third-order valence-corrected chi connectivity index (χ3v) is 6.61. The molecule has 0 aromatic carbocycles. The number of rotatable bonds is 25. The summed E-state index contributed by atoms with van der Waals surface area (Å²) in [6.07, 6.45) is 35.5. The Bertz CT molecular complexity index is 275. The lowest BCUT2D eigenvalue weighted by atomic mass is 10.00. The smallest absolute Gasteiger partial charge is 0.00388 e. The molecule has 0 aliphatic heterocycles.